The van der Waals surface area contributed by atoms with Gasteiger partial charge in [-0.05, 0) is 25.7 Å². The van der Waals surface area contributed by atoms with Crippen LogP contribution in [0.25, 0.3) is 0 Å². The Morgan fingerprint density at radius 2 is 1.61 bits per heavy atom. The first-order valence-corrected chi connectivity index (χ1v) is 7.06. The Morgan fingerprint density at radius 1 is 1.06 bits per heavy atom. The molecule has 18 heavy (non-hydrogen) atoms. The van der Waals surface area contributed by atoms with E-state index in [0.29, 0.717) is 0 Å². The largest absolute Gasteiger partial charge is 0.386 e. The summed E-state index contributed by atoms with van der Waals surface area (Å²) in [5.41, 5.74) is 5.13. The number of amides is 2. The number of nitrogens with two attached hydrogens (primary N) is 1. The van der Waals surface area contributed by atoms with E-state index in [0.717, 1.165) is 51.6 Å². The summed E-state index contributed by atoms with van der Waals surface area (Å²) in [5.74, 6) is 0.114. The smallest absolute Gasteiger partial charge is 0.318 e. The van der Waals surface area contributed by atoms with Crippen molar-refractivity contribution in [2.75, 3.05) is 13.1 Å². The van der Waals surface area contributed by atoms with Gasteiger partial charge in [0.05, 0.1) is 5.54 Å². The Bertz CT molecular complexity index is 315. The van der Waals surface area contributed by atoms with E-state index >= 15 is 0 Å². The summed E-state index contributed by atoms with van der Waals surface area (Å²) >= 11 is 0. The van der Waals surface area contributed by atoms with Gasteiger partial charge in [0.2, 0.25) is 0 Å². The lowest BCUT2D eigenvalue weighted by Gasteiger charge is -2.32. The maximum atomic E-state index is 12.3. The second-order valence-electron chi connectivity index (χ2n) is 5.53. The summed E-state index contributed by atoms with van der Waals surface area (Å²) in [7, 11) is 0. The number of rotatable bonds is 2. The van der Waals surface area contributed by atoms with E-state index in [2.05, 4.69) is 5.32 Å². The number of urea groups is 1. The molecule has 0 aromatic heterocycles. The van der Waals surface area contributed by atoms with Crippen LogP contribution in [0.3, 0.4) is 0 Å². The molecule has 0 bridgehead atoms. The maximum absolute atomic E-state index is 12.3. The number of nitrogens with one attached hydrogen (secondary N) is 2. The second kappa shape index (κ2) is 5.59. The molecule has 2 aliphatic rings. The molecular weight excluding hydrogens is 228 g/mol. The number of hydrogen-bond donors (Lipinski definition) is 3. The van der Waals surface area contributed by atoms with Crippen molar-refractivity contribution in [1.29, 1.82) is 5.41 Å². The first-order valence-electron chi connectivity index (χ1n) is 7.06. The zero-order chi connectivity index (χ0) is 13.0. The van der Waals surface area contributed by atoms with E-state index in [1.165, 1.54) is 12.8 Å². The van der Waals surface area contributed by atoms with Crippen molar-refractivity contribution in [2.45, 2.75) is 56.9 Å². The van der Waals surface area contributed by atoms with Crippen molar-refractivity contribution < 1.29 is 4.79 Å². The molecule has 0 atom stereocenters. The van der Waals surface area contributed by atoms with Gasteiger partial charge in [0.1, 0.15) is 5.84 Å². The molecule has 5 nitrogen and oxygen atoms in total. The Hall–Kier alpha value is -1.26. The van der Waals surface area contributed by atoms with Crippen LogP contribution in [0.15, 0.2) is 0 Å². The first-order chi connectivity index (χ1) is 8.64. The number of amidine groups is 1. The highest BCUT2D eigenvalue weighted by Gasteiger charge is 2.39. The molecule has 0 unspecified atom stereocenters. The van der Waals surface area contributed by atoms with E-state index in [9.17, 15) is 4.79 Å². The molecule has 102 valence electrons. The van der Waals surface area contributed by atoms with E-state index < -0.39 is 5.54 Å². The SMILES string of the molecule is N=C(N)C1(NC(=O)N2CCCCCC2)CCCC1. The molecule has 1 saturated heterocycles. The molecule has 0 aromatic rings. The lowest BCUT2D eigenvalue weighted by atomic mass is 9.96. The van der Waals surface area contributed by atoms with Crippen molar-refractivity contribution in [1.82, 2.24) is 10.2 Å². The van der Waals surface area contributed by atoms with Gasteiger partial charge in [0.15, 0.2) is 0 Å². The molecule has 5 heteroatoms. The third-order valence-corrected chi connectivity index (χ3v) is 4.21. The fraction of sp³-hybridized carbons (Fsp3) is 0.846. The van der Waals surface area contributed by atoms with Gasteiger partial charge in [0, 0.05) is 13.1 Å². The highest BCUT2D eigenvalue weighted by Crippen LogP contribution is 2.29. The monoisotopic (exact) mass is 252 g/mol. The van der Waals surface area contributed by atoms with Crippen LogP contribution < -0.4 is 11.1 Å². The standard InChI is InChI=1S/C13H24N4O/c14-11(15)13(7-3-4-8-13)16-12(18)17-9-5-1-2-6-10-17/h1-10H2,(H3,14,15)(H,16,18). The molecular formula is C13H24N4O. The minimum absolute atomic E-state index is 0.0333. The average molecular weight is 252 g/mol. The van der Waals surface area contributed by atoms with Gasteiger partial charge in [0.25, 0.3) is 0 Å². The maximum Gasteiger partial charge on any atom is 0.318 e. The molecule has 2 amide bonds. The zero-order valence-corrected chi connectivity index (χ0v) is 11.0. The minimum Gasteiger partial charge on any atom is -0.386 e. The van der Waals surface area contributed by atoms with Crippen molar-refractivity contribution in [2.24, 2.45) is 5.73 Å². The summed E-state index contributed by atoms with van der Waals surface area (Å²) in [6.45, 7) is 1.67. The van der Waals surface area contributed by atoms with E-state index in [1.54, 1.807) is 0 Å². The first kappa shape index (κ1) is 13.2. The molecule has 0 spiro atoms. The number of nitrogens with zero attached hydrogens (tertiary/aromatic N) is 1. The third kappa shape index (κ3) is 2.76. The van der Waals surface area contributed by atoms with Crippen LogP contribution in [-0.4, -0.2) is 35.4 Å². The van der Waals surface area contributed by atoms with Gasteiger partial charge in [-0.2, -0.15) is 0 Å². The molecule has 0 radical (unpaired) electrons. The normalized spacial score (nSPS) is 23.4. The summed E-state index contributed by atoms with van der Waals surface area (Å²) in [6, 6.07) is -0.0333. The highest BCUT2D eigenvalue weighted by atomic mass is 16.2. The topological polar surface area (TPSA) is 82.2 Å². The van der Waals surface area contributed by atoms with Gasteiger partial charge in [-0.25, -0.2) is 4.79 Å². The molecule has 1 aliphatic heterocycles. The highest BCUT2D eigenvalue weighted by molar-refractivity contribution is 5.92. The fourth-order valence-electron chi connectivity index (χ4n) is 3.00. The molecule has 1 aliphatic carbocycles. The van der Waals surface area contributed by atoms with Crippen LogP contribution in [0.1, 0.15) is 51.4 Å². The zero-order valence-electron chi connectivity index (χ0n) is 11.0. The van der Waals surface area contributed by atoms with Crippen LogP contribution in [-0.2, 0) is 0 Å². The lowest BCUT2D eigenvalue weighted by molar-refractivity contribution is 0.191. The number of hydrogen-bond acceptors (Lipinski definition) is 2. The van der Waals surface area contributed by atoms with Gasteiger partial charge in [-0.3, -0.25) is 5.41 Å². The third-order valence-electron chi connectivity index (χ3n) is 4.21. The Kier molecular flexibility index (Phi) is 4.09. The van der Waals surface area contributed by atoms with Crippen molar-refractivity contribution in [3.8, 4) is 0 Å². The van der Waals surface area contributed by atoms with Crippen molar-refractivity contribution >= 4 is 11.9 Å². The number of carbonyl (C=O) groups is 1. The van der Waals surface area contributed by atoms with Crippen LogP contribution in [0.4, 0.5) is 4.79 Å². The van der Waals surface area contributed by atoms with E-state index in [4.69, 9.17) is 11.1 Å². The summed E-state index contributed by atoms with van der Waals surface area (Å²) in [4.78, 5) is 14.2. The molecule has 4 N–H and O–H groups in total. The Labute approximate surface area is 109 Å². The lowest BCUT2D eigenvalue weighted by Crippen LogP contribution is -2.58. The molecule has 2 rings (SSSR count). The van der Waals surface area contributed by atoms with Crippen LogP contribution in [0.2, 0.25) is 0 Å². The van der Waals surface area contributed by atoms with E-state index in [-0.39, 0.29) is 11.9 Å². The van der Waals surface area contributed by atoms with Gasteiger partial charge in [-0.15, -0.1) is 0 Å². The molecule has 1 saturated carbocycles. The quantitative estimate of drug-likeness (QED) is 0.517. The fourth-order valence-corrected chi connectivity index (χ4v) is 3.00. The summed E-state index contributed by atoms with van der Waals surface area (Å²) in [6.07, 6.45) is 8.29. The number of carbonyl (C=O) groups excluding carboxylic acids is 1. The van der Waals surface area contributed by atoms with Gasteiger partial charge >= 0.3 is 6.03 Å². The van der Waals surface area contributed by atoms with Crippen LogP contribution in [0, 0.1) is 5.41 Å². The predicted octanol–water partition coefficient (Wildman–Crippen LogP) is 1.82. The van der Waals surface area contributed by atoms with E-state index in [1.807, 2.05) is 4.90 Å². The van der Waals surface area contributed by atoms with Crippen LogP contribution in [0.5, 0.6) is 0 Å². The molecule has 2 fully saturated rings. The van der Waals surface area contributed by atoms with Gasteiger partial charge < -0.3 is 16.0 Å². The Balaban J connectivity index is 1.98. The van der Waals surface area contributed by atoms with Crippen molar-refractivity contribution in [3.63, 3.8) is 0 Å². The minimum atomic E-state index is -0.566. The van der Waals surface area contributed by atoms with Crippen molar-refractivity contribution in [3.05, 3.63) is 0 Å². The van der Waals surface area contributed by atoms with Crippen LogP contribution >= 0.6 is 0 Å². The predicted molar refractivity (Wildman–Crippen MR) is 71.7 cm³/mol. The molecule has 0 aromatic carbocycles. The molecule has 1 heterocycles. The second-order valence-corrected chi connectivity index (χ2v) is 5.53. The summed E-state index contributed by atoms with van der Waals surface area (Å²) in [5, 5.41) is 10.8. The Morgan fingerprint density at radius 3 is 2.11 bits per heavy atom. The summed E-state index contributed by atoms with van der Waals surface area (Å²) < 4.78 is 0. The number of likely N-dealkylation sites (tertiary alicyclic amines) is 1. The van der Waals surface area contributed by atoms with Gasteiger partial charge in [-0.1, -0.05) is 25.7 Å². The average Bonchev–Trinajstić information content (AvgIpc) is 2.65.